The van der Waals surface area contributed by atoms with Crippen LogP contribution in [-0.2, 0) is 17.8 Å². The number of carbonyl (C=O) groups excluding carboxylic acids is 1. The monoisotopic (exact) mass is 472 g/mol. The third-order valence-corrected chi connectivity index (χ3v) is 5.97. The maximum Gasteiger partial charge on any atom is 0.261 e. The van der Waals surface area contributed by atoms with Crippen molar-refractivity contribution in [2.24, 2.45) is 0 Å². The Bertz CT molecular complexity index is 1520. The standard InChI is InChI=1S/C24H20N6O3S/c1-15-6-8-17(9-7-15)33-12-22-28-16(13-34-22)10-21(31)29-19-4-2-3-5-20(19)30-23-18(11-27-30)24(32)26-14-25-23/h2-9,11,13-14H,10,12H2,1H3,(H,29,31)(H,25,26,32). The highest BCUT2D eigenvalue weighted by Gasteiger charge is 2.15. The summed E-state index contributed by atoms with van der Waals surface area (Å²) in [6, 6.07) is 15.0. The quantitative estimate of drug-likeness (QED) is 0.374. The van der Waals surface area contributed by atoms with Crippen LogP contribution in [0, 0.1) is 6.92 Å². The van der Waals surface area contributed by atoms with Crippen molar-refractivity contribution < 1.29 is 9.53 Å². The van der Waals surface area contributed by atoms with Gasteiger partial charge in [0.25, 0.3) is 5.56 Å². The molecule has 0 atom stereocenters. The van der Waals surface area contributed by atoms with Crippen molar-refractivity contribution in [1.82, 2.24) is 24.7 Å². The van der Waals surface area contributed by atoms with Crippen LogP contribution in [0.4, 0.5) is 5.69 Å². The molecule has 5 rings (SSSR count). The zero-order valence-corrected chi connectivity index (χ0v) is 19.0. The lowest BCUT2D eigenvalue weighted by Gasteiger charge is -2.11. The van der Waals surface area contributed by atoms with E-state index in [9.17, 15) is 9.59 Å². The molecular weight excluding hydrogens is 452 g/mol. The minimum absolute atomic E-state index is 0.118. The molecule has 2 N–H and O–H groups in total. The van der Waals surface area contributed by atoms with Gasteiger partial charge in [-0.25, -0.2) is 14.6 Å². The molecule has 10 heteroatoms. The summed E-state index contributed by atoms with van der Waals surface area (Å²) in [7, 11) is 0. The number of aromatic amines is 1. The lowest BCUT2D eigenvalue weighted by atomic mass is 10.2. The predicted octanol–water partition coefficient (Wildman–Crippen LogP) is 3.63. The molecule has 170 valence electrons. The number of amides is 1. The SMILES string of the molecule is Cc1ccc(OCc2nc(CC(=O)Nc3ccccc3-n3ncc4c(=O)[nH]cnc43)cs2)cc1. The number of hydrogen-bond donors (Lipinski definition) is 2. The lowest BCUT2D eigenvalue weighted by molar-refractivity contribution is -0.115. The van der Waals surface area contributed by atoms with Gasteiger partial charge in [-0.15, -0.1) is 11.3 Å². The van der Waals surface area contributed by atoms with Crippen molar-refractivity contribution in [2.45, 2.75) is 20.0 Å². The highest BCUT2D eigenvalue weighted by Crippen LogP contribution is 2.23. The Morgan fingerprint density at radius 2 is 2.00 bits per heavy atom. The number of benzene rings is 2. The van der Waals surface area contributed by atoms with Crippen molar-refractivity contribution >= 4 is 34.0 Å². The van der Waals surface area contributed by atoms with E-state index < -0.39 is 0 Å². The van der Waals surface area contributed by atoms with Crippen molar-refractivity contribution in [3.05, 3.63) is 93.1 Å². The van der Waals surface area contributed by atoms with E-state index >= 15 is 0 Å². The second-order valence-electron chi connectivity index (χ2n) is 7.60. The average molecular weight is 473 g/mol. The van der Waals surface area contributed by atoms with Gasteiger partial charge >= 0.3 is 0 Å². The average Bonchev–Trinajstić information content (AvgIpc) is 3.47. The van der Waals surface area contributed by atoms with Gasteiger partial charge in [0.2, 0.25) is 5.91 Å². The van der Waals surface area contributed by atoms with Gasteiger partial charge in [0, 0.05) is 5.38 Å². The highest BCUT2D eigenvalue weighted by molar-refractivity contribution is 7.09. The Kier molecular flexibility index (Phi) is 5.88. The van der Waals surface area contributed by atoms with E-state index in [0.717, 1.165) is 10.8 Å². The maximum atomic E-state index is 12.8. The fourth-order valence-corrected chi connectivity index (χ4v) is 4.14. The van der Waals surface area contributed by atoms with Crippen LogP contribution in [0.25, 0.3) is 16.7 Å². The minimum Gasteiger partial charge on any atom is -0.486 e. The number of thiazole rings is 1. The van der Waals surface area contributed by atoms with Gasteiger partial charge in [0.1, 0.15) is 22.8 Å². The smallest absolute Gasteiger partial charge is 0.261 e. The van der Waals surface area contributed by atoms with Gasteiger partial charge in [-0.1, -0.05) is 29.8 Å². The number of rotatable bonds is 7. The van der Waals surface area contributed by atoms with E-state index in [4.69, 9.17) is 4.74 Å². The zero-order valence-electron chi connectivity index (χ0n) is 18.2. The topological polar surface area (TPSA) is 115 Å². The number of ether oxygens (including phenoxy) is 1. The van der Waals surface area contributed by atoms with Crippen molar-refractivity contribution in [2.75, 3.05) is 5.32 Å². The molecule has 3 heterocycles. The first-order chi connectivity index (χ1) is 16.6. The number of fused-ring (bicyclic) bond motifs is 1. The maximum absolute atomic E-state index is 12.8. The summed E-state index contributed by atoms with van der Waals surface area (Å²) in [5, 5.41) is 10.2. The molecule has 0 unspecified atom stereocenters. The lowest BCUT2D eigenvalue weighted by Crippen LogP contribution is -2.16. The van der Waals surface area contributed by atoms with E-state index in [1.54, 1.807) is 12.1 Å². The number of aryl methyl sites for hydroxylation is 1. The molecule has 34 heavy (non-hydrogen) atoms. The minimum atomic E-state index is -0.275. The van der Waals surface area contributed by atoms with Gasteiger partial charge in [0.15, 0.2) is 5.65 Å². The normalized spacial score (nSPS) is 11.0. The summed E-state index contributed by atoms with van der Waals surface area (Å²) in [6.45, 7) is 2.37. The molecule has 2 aromatic carbocycles. The molecule has 0 aliphatic carbocycles. The third kappa shape index (κ3) is 4.57. The van der Waals surface area contributed by atoms with E-state index in [1.807, 2.05) is 48.7 Å². The van der Waals surface area contributed by atoms with Crippen LogP contribution < -0.4 is 15.6 Å². The molecule has 0 aliphatic rings. The Labute approximate surface area is 198 Å². The van der Waals surface area contributed by atoms with Gasteiger partial charge < -0.3 is 15.0 Å². The first-order valence-electron chi connectivity index (χ1n) is 10.5. The van der Waals surface area contributed by atoms with E-state index in [0.29, 0.717) is 34.7 Å². The van der Waals surface area contributed by atoms with Crippen LogP contribution in [0.15, 0.2) is 71.2 Å². The molecule has 0 saturated heterocycles. The van der Waals surface area contributed by atoms with Crippen molar-refractivity contribution in [1.29, 1.82) is 0 Å². The van der Waals surface area contributed by atoms with Crippen molar-refractivity contribution in [3.8, 4) is 11.4 Å². The molecule has 0 spiro atoms. The second kappa shape index (κ2) is 9.28. The van der Waals surface area contributed by atoms with E-state index in [1.165, 1.54) is 34.1 Å². The van der Waals surface area contributed by atoms with Crippen LogP contribution in [0.2, 0.25) is 0 Å². The van der Waals surface area contributed by atoms with E-state index in [-0.39, 0.29) is 17.9 Å². The number of carbonyl (C=O) groups is 1. The summed E-state index contributed by atoms with van der Waals surface area (Å²) >= 11 is 1.45. The molecule has 9 nitrogen and oxygen atoms in total. The number of anilines is 1. The summed E-state index contributed by atoms with van der Waals surface area (Å²) in [5.41, 5.74) is 3.13. The van der Waals surface area contributed by atoms with Gasteiger partial charge in [-0.3, -0.25) is 9.59 Å². The highest BCUT2D eigenvalue weighted by atomic mass is 32.1. The molecule has 0 radical (unpaired) electrons. The van der Waals surface area contributed by atoms with Crippen molar-refractivity contribution in [3.63, 3.8) is 0 Å². The number of H-pyrrole nitrogens is 1. The fourth-order valence-electron chi connectivity index (χ4n) is 3.43. The second-order valence-corrected chi connectivity index (χ2v) is 8.54. The number of nitrogens with one attached hydrogen (secondary N) is 2. The molecule has 0 bridgehead atoms. The number of aromatic nitrogens is 5. The summed E-state index contributed by atoms with van der Waals surface area (Å²) < 4.78 is 7.30. The summed E-state index contributed by atoms with van der Waals surface area (Å²) in [6.07, 6.45) is 2.90. The number of nitrogens with zero attached hydrogens (tertiary/aromatic N) is 4. The number of hydrogen-bond acceptors (Lipinski definition) is 7. The third-order valence-electron chi connectivity index (χ3n) is 5.10. The molecule has 0 aliphatic heterocycles. The molecule has 3 aromatic heterocycles. The Morgan fingerprint density at radius 3 is 2.85 bits per heavy atom. The van der Waals surface area contributed by atoms with Gasteiger partial charge in [-0.2, -0.15) is 5.10 Å². The summed E-state index contributed by atoms with van der Waals surface area (Å²) in [5.74, 6) is 0.561. The number of para-hydroxylation sites is 2. The Morgan fingerprint density at radius 1 is 1.18 bits per heavy atom. The zero-order chi connectivity index (χ0) is 23.5. The fraction of sp³-hybridized carbons (Fsp3) is 0.125. The first kappa shape index (κ1) is 21.5. The molecule has 1 amide bonds. The summed E-state index contributed by atoms with van der Waals surface area (Å²) in [4.78, 5) is 36.0. The van der Waals surface area contributed by atoms with Crippen LogP contribution in [-0.4, -0.2) is 30.6 Å². The van der Waals surface area contributed by atoms with Crippen LogP contribution in [0.5, 0.6) is 5.75 Å². The largest absolute Gasteiger partial charge is 0.486 e. The van der Waals surface area contributed by atoms with Crippen LogP contribution >= 0.6 is 11.3 Å². The van der Waals surface area contributed by atoms with Crippen LogP contribution in [0.3, 0.4) is 0 Å². The molecule has 0 fully saturated rings. The van der Waals surface area contributed by atoms with Gasteiger partial charge in [0.05, 0.1) is 36.0 Å². The van der Waals surface area contributed by atoms with Gasteiger partial charge in [-0.05, 0) is 31.2 Å². The molecule has 5 aromatic rings. The Hall–Kier alpha value is -4.31. The van der Waals surface area contributed by atoms with E-state index in [2.05, 4.69) is 25.4 Å². The van der Waals surface area contributed by atoms with Crippen LogP contribution in [0.1, 0.15) is 16.3 Å². The molecule has 0 saturated carbocycles. The first-order valence-corrected chi connectivity index (χ1v) is 11.4. The predicted molar refractivity (Wildman–Crippen MR) is 129 cm³/mol. The molecular formula is C24H20N6O3S. The Balaban J connectivity index is 1.27.